The third-order valence-corrected chi connectivity index (χ3v) is 4.37. The van der Waals surface area contributed by atoms with Gasteiger partial charge in [0.15, 0.2) is 0 Å². The average Bonchev–Trinajstić information content (AvgIpc) is 3.20. The summed E-state index contributed by atoms with van der Waals surface area (Å²) >= 11 is 0. The second kappa shape index (κ2) is 6.11. The number of benzene rings is 1. The van der Waals surface area contributed by atoms with E-state index >= 15 is 0 Å². The van der Waals surface area contributed by atoms with Crippen molar-refractivity contribution < 1.29 is 17.6 Å². The summed E-state index contributed by atoms with van der Waals surface area (Å²) in [5.74, 6) is -0.703. The van der Waals surface area contributed by atoms with E-state index in [0.29, 0.717) is 19.0 Å². The number of carbonyl (C=O) groups excluding carboxylic acids is 1. The molecule has 5 nitrogen and oxygen atoms in total. The maximum absolute atomic E-state index is 13.5. The van der Waals surface area contributed by atoms with Gasteiger partial charge in [-0.3, -0.25) is 4.79 Å². The maximum atomic E-state index is 13.5. The van der Waals surface area contributed by atoms with E-state index in [1.807, 2.05) is 6.92 Å². The van der Waals surface area contributed by atoms with Crippen molar-refractivity contribution in [1.29, 1.82) is 0 Å². The third kappa shape index (κ3) is 4.01. The minimum absolute atomic E-state index is 0.148. The largest absolute Gasteiger partial charge is 0.338 e. The Morgan fingerprint density at radius 2 is 2.10 bits per heavy atom. The van der Waals surface area contributed by atoms with Crippen LogP contribution in [-0.2, 0) is 10.0 Å². The van der Waals surface area contributed by atoms with Gasteiger partial charge >= 0.3 is 0 Å². The first-order chi connectivity index (χ1) is 9.82. The minimum atomic E-state index is -4.18. The maximum Gasteiger partial charge on any atom is 0.253 e. The molecule has 7 heteroatoms. The summed E-state index contributed by atoms with van der Waals surface area (Å²) in [5.41, 5.74) is 0.148. The summed E-state index contributed by atoms with van der Waals surface area (Å²) < 4.78 is 36.2. The zero-order chi connectivity index (χ0) is 15.6. The van der Waals surface area contributed by atoms with Gasteiger partial charge in [0.05, 0.1) is 0 Å². The van der Waals surface area contributed by atoms with Crippen molar-refractivity contribution in [3.8, 4) is 0 Å². The van der Waals surface area contributed by atoms with Crippen LogP contribution in [-0.4, -0.2) is 32.3 Å². The Bertz CT molecular complexity index is 642. The van der Waals surface area contributed by atoms with E-state index in [9.17, 15) is 17.6 Å². The predicted octanol–water partition coefficient (Wildman–Crippen LogP) is 1.74. The Hall–Kier alpha value is -1.47. The summed E-state index contributed by atoms with van der Waals surface area (Å²) in [6.45, 7) is 3.22. The van der Waals surface area contributed by atoms with Crippen LogP contribution < -0.4 is 5.14 Å². The number of primary sulfonamides is 1. The highest BCUT2D eigenvalue weighted by atomic mass is 32.2. The molecular weight excluding hydrogens is 295 g/mol. The molecule has 21 heavy (non-hydrogen) atoms. The topological polar surface area (TPSA) is 80.5 Å². The van der Waals surface area contributed by atoms with Crippen molar-refractivity contribution >= 4 is 15.9 Å². The van der Waals surface area contributed by atoms with E-state index in [4.69, 9.17) is 5.14 Å². The van der Waals surface area contributed by atoms with Crippen LogP contribution in [0.25, 0.3) is 0 Å². The lowest BCUT2D eigenvalue weighted by Gasteiger charge is -2.22. The summed E-state index contributed by atoms with van der Waals surface area (Å²) in [6.07, 6.45) is 3.03. The van der Waals surface area contributed by atoms with Crippen LogP contribution in [0.1, 0.15) is 36.5 Å². The number of hydrogen-bond donors (Lipinski definition) is 1. The summed E-state index contributed by atoms with van der Waals surface area (Å²) in [4.78, 5) is 13.5. The van der Waals surface area contributed by atoms with Gasteiger partial charge < -0.3 is 4.90 Å². The molecule has 0 aromatic heterocycles. The van der Waals surface area contributed by atoms with E-state index in [1.54, 1.807) is 4.90 Å². The number of hydrogen-bond acceptors (Lipinski definition) is 3. The van der Waals surface area contributed by atoms with Crippen molar-refractivity contribution in [1.82, 2.24) is 4.90 Å². The Morgan fingerprint density at radius 3 is 2.62 bits per heavy atom. The van der Waals surface area contributed by atoms with Crippen LogP contribution in [0.4, 0.5) is 4.39 Å². The fourth-order valence-corrected chi connectivity index (χ4v) is 2.83. The van der Waals surface area contributed by atoms with Crippen LogP contribution in [0.15, 0.2) is 23.1 Å². The molecule has 2 N–H and O–H groups in total. The van der Waals surface area contributed by atoms with Gasteiger partial charge in [-0.15, -0.1) is 0 Å². The van der Waals surface area contributed by atoms with Crippen molar-refractivity contribution in [2.45, 2.75) is 31.1 Å². The van der Waals surface area contributed by atoms with Gasteiger partial charge in [-0.1, -0.05) is 6.92 Å². The van der Waals surface area contributed by atoms with Gasteiger partial charge in [-0.05, 0) is 43.4 Å². The quantitative estimate of drug-likeness (QED) is 0.868. The molecule has 0 unspecified atom stereocenters. The van der Waals surface area contributed by atoms with Gasteiger partial charge in [0.25, 0.3) is 5.91 Å². The Labute approximate surface area is 124 Å². The molecular formula is C14H19FN2O3S. The van der Waals surface area contributed by atoms with E-state index in [0.717, 1.165) is 31.4 Å². The van der Waals surface area contributed by atoms with E-state index in [2.05, 4.69) is 0 Å². The van der Waals surface area contributed by atoms with Gasteiger partial charge in [0.2, 0.25) is 10.0 Å². The fraction of sp³-hybridized carbons (Fsp3) is 0.500. The molecule has 1 aliphatic carbocycles. The summed E-state index contributed by atoms with van der Waals surface area (Å²) in [5, 5.41) is 4.96. The van der Waals surface area contributed by atoms with Gasteiger partial charge in [0, 0.05) is 18.7 Å². The van der Waals surface area contributed by atoms with Crippen molar-refractivity contribution in [2.75, 3.05) is 13.1 Å². The second-order valence-electron chi connectivity index (χ2n) is 5.38. The number of carbonyl (C=O) groups is 1. The molecule has 2 rings (SSSR count). The first kappa shape index (κ1) is 15.9. The number of rotatable bonds is 6. The van der Waals surface area contributed by atoms with Crippen LogP contribution in [0, 0.1) is 11.7 Å². The van der Waals surface area contributed by atoms with Crippen LogP contribution >= 0.6 is 0 Å². The number of sulfonamides is 1. The molecule has 1 fully saturated rings. The highest BCUT2D eigenvalue weighted by Gasteiger charge is 2.27. The van der Waals surface area contributed by atoms with Crippen LogP contribution in [0.2, 0.25) is 0 Å². The van der Waals surface area contributed by atoms with E-state index < -0.39 is 20.7 Å². The minimum Gasteiger partial charge on any atom is -0.338 e. The standard InChI is InChI=1S/C14H19FN2O3S/c1-2-7-17(9-10-3-4-10)14(18)11-5-6-12(15)13(8-11)21(16,19)20/h5-6,8,10H,2-4,7,9H2,1H3,(H2,16,19,20). The third-order valence-electron chi connectivity index (χ3n) is 3.44. The molecule has 1 saturated carbocycles. The molecule has 1 aromatic carbocycles. The number of halogens is 1. The smallest absolute Gasteiger partial charge is 0.253 e. The van der Waals surface area contributed by atoms with Gasteiger partial charge in [-0.2, -0.15) is 0 Å². The fourth-order valence-electron chi connectivity index (χ4n) is 2.19. The highest BCUT2D eigenvalue weighted by molar-refractivity contribution is 7.89. The molecule has 0 saturated heterocycles. The van der Waals surface area contributed by atoms with Crippen molar-refractivity contribution in [3.05, 3.63) is 29.6 Å². The first-order valence-corrected chi connectivity index (χ1v) is 8.49. The lowest BCUT2D eigenvalue weighted by atomic mass is 10.1. The zero-order valence-electron chi connectivity index (χ0n) is 11.9. The summed E-state index contributed by atoms with van der Waals surface area (Å²) in [7, 11) is -4.18. The van der Waals surface area contributed by atoms with Crippen LogP contribution in [0.3, 0.4) is 0 Å². The lowest BCUT2D eigenvalue weighted by molar-refractivity contribution is 0.0747. The van der Waals surface area contributed by atoms with E-state index in [1.165, 1.54) is 6.07 Å². The Kier molecular flexibility index (Phi) is 4.63. The number of nitrogens with zero attached hydrogens (tertiary/aromatic N) is 1. The molecule has 0 radical (unpaired) electrons. The van der Waals surface area contributed by atoms with Crippen LogP contribution in [0.5, 0.6) is 0 Å². The number of nitrogens with two attached hydrogens (primary N) is 1. The van der Waals surface area contributed by atoms with Gasteiger partial charge in [0.1, 0.15) is 10.7 Å². The molecule has 1 aromatic rings. The Balaban J connectivity index is 2.28. The lowest BCUT2D eigenvalue weighted by Crippen LogP contribution is -2.33. The van der Waals surface area contributed by atoms with Crippen molar-refractivity contribution in [3.63, 3.8) is 0 Å². The van der Waals surface area contributed by atoms with Crippen molar-refractivity contribution in [2.24, 2.45) is 11.1 Å². The molecule has 116 valence electrons. The van der Waals surface area contributed by atoms with Gasteiger partial charge in [-0.25, -0.2) is 17.9 Å². The van der Waals surface area contributed by atoms with E-state index in [-0.39, 0.29) is 11.5 Å². The molecule has 0 atom stereocenters. The zero-order valence-corrected chi connectivity index (χ0v) is 12.7. The molecule has 0 heterocycles. The molecule has 0 bridgehead atoms. The molecule has 0 aliphatic heterocycles. The first-order valence-electron chi connectivity index (χ1n) is 6.94. The molecule has 1 amide bonds. The SMILES string of the molecule is CCCN(CC1CC1)C(=O)c1ccc(F)c(S(N)(=O)=O)c1. The molecule has 0 spiro atoms. The predicted molar refractivity (Wildman–Crippen MR) is 76.7 cm³/mol. The Morgan fingerprint density at radius 1 is 1.43 bits per heavy atom. The number of amides is 1. The highest BCUT2D eigenvalue weighted by Crippen LogP contribution is 2.30. The monoisotopic (exact) mass is 314 g/mol. The summed E-state index contributed by atoms with van der Waals surface area (Å²) in [6, 6.07) is 3.28. The normalized spacial score (nSPS) is 15.0. The average molecular weight is 314 g/mol. The molecule has 1 aliphatic rings. The second-order valence-corrected chi connectivity index (χ2v) is 6.91.